The van der Waals surface area contributed by atoms with Gasteiger partial charge in [0, 0.05) is 5.56 Å². The molecule has 2 atom stereocenters. The summed E-state index contributed by atoms with van der Waals surface area (Å²) in [5.74, 6) is 0.598. The normalized spacial score (nSPS) is 20.8. The topological polar surface area (TPSA) is 21.3 Å². The molecule has 3 rings (SSSR count). The first kappa shape index (κ1) is 13.0. The summed E-state index contributed by atoms with van der Waals surface area (Å²) in [5.41, 5.74) is 3.84. The standard InChI is InChI=1S/C17H18FNO/c1-10-8-11(2)16-15(9-10)19-12(3)17(20-16)13-6-4-5-7-14(13)18/h4-9,12,17,19H,1-3H3. The van der Waals surface area contributed by atoms with Crippen LogP contribution in [-0.4, -0.2) is 6.04 Å². The summed E-state index contributed by atoms with van der Waals surface area (Å²) >= 11 is 0. The average molecular weight is 271 g/mol. The first-order valence-electron chi connectivity index (χ1n) is 6.85. The van der Waals surface area contributed by atoms with Crippen molar-refractivity contribution >= 4 is 5.69 Å². The van der Waals surface area contributed by atoms with E-state index in [4.69, 9.17) is 4.74 Å². The predicted octanol–water partition coefficient (Wildman–Crippen LogP) is 4.38. The van der Waals surface area contributed by atoms with E-state index < -0.39 is 0 Å². The van der Waals surface area contributed by atoms with Crippen LogP contribution in [0.2, 0.25) is 0 Å². The summed E-state index contributed by atoms with van der Waals surface area (Å²) in [6.07, 6.45) is -0.315. The Hall–Kier alpha value is -2.03. The minimum Gasteiger partial charge on any atom is -0.481 e. The monoisotopic (exact) mass is 271 g/mol. The van der Waals surface area contributed by atoms with Crippen molar-refractivity contribution in [1.29, 1.82) is 0 Å². The molecule has 0 fully saturated rings. The summed E-state index contributed by atoms with van der Waals surface area (Å²) in [4.78, 5) is 0. The van der Waals surface area contributed by atoms with Gasteiger partial charge in [0.05, 0.1) is 11.7 Å². The van der Waals surface area contributed by atoms with Crippen molar-refractivity contribution in [2.75, 3.05) is 5.32 Å². The zero-order valence-electron chi connectivity index (χ0n) is 11.9. The molecule has 0 bridgehead atoms. The zero-order valence-corrected chi connectivity index (χ0v) is 11.9. The van der Waals surface area contributed by atoms with Gasteiger partial charge in [-0.2, -0.15) is 0 Å². The van der Waals surface area contributed by atoms with Crippen LogP contribution in [0.4, 0.5) is 10.1 Å². The van der Waals surface area contributed by atoms with Gasteiger partial charge in [-0.25, -0.2) is 4.39 Å². The molecule has 2 aromatic carbocycles. The lowest BCUT2D eigenvalue weighted by molar-refractivity contribution is 0.172. The molecule has 0 saturated carbocycles. The number of hydrogen-bond acceptors (Lipinski definition) is 2. The molecule has 0 spiro atoms. The molecule has 0 amide bonds. The highest BCUT2D eigenvalue weighted by Crippen LogP contribution is 2.40. The van der Waals surface area contributed by atoms with E-state index in [9.17, 15) is 4.39 Å². The molecule has 1 N–H and O–H groups in total. The molecule has 1 aliphatic heterocycles. The van der Waals surface area contributed by atoms with Gasteiger partial charge < -0.3 is 10.1 Å². The van der Waals surface area contributed by atoms with E-state index in [0.717, 1.165) is 17.0 Å². The van der Waals surface area contributed by atoms with Crippen molar-refractivity contribution in [3.63, 3.8) is 0 Å². The van der Waals surface area contributed by atoms with Gasteiger partial charge in [-0.3, -0.25) is 0 Å². The lowest BCUT2D eigenvalue weighted by Crippen LogP contribution is -2.33. The van der Waals surface area contributed by atoms with E-state index in [-0.39, 0.29) is 18.0 Å². The Morgan fingerprint density at radius 2 is 1.90 bits per heavy atom. The summed E-state index contributed by atoms with van der Waals surface area (Å²) in [6, 6.07) is 11.0. The maximum absolute atomic E-state index is 14.0. The van der Waals surface area contributed by atoms with Crippen molar-refractivity contribution in [3.8, 4) is 5.75 Å². The molecule has 0 aliphatic carbocycles. The molecule has 2 aromatic rings. The van der Waals surface area contributed by atoms with Crippen LogP contribution in [0.5, 0.6) is 5.75 Å². The van der Waals surface area contributed by atoms with Crippen molar-refractivity contribution in [2.45, 2.75) is 32.9 Å². The van der Waals surface area contributed by atoms with Crippen molar-refractivity contribution < 1.29 is 9.13 Å². The van der Waals surface area contributed by atoms with Crippen LogP contribution in [0.1, 0.15) is 29.7 Å². The molecule has 2 nitrogen and oxygen atoms in total. The van der Waals surface area contributed by atoms with Gasteiger partial charge >= 0.3 is 0 Å². The highest BCUT2D eigenvalue weighted by Gasteiger charge is 2.30. The van der Waals surface area contributed by atoms with E-state index in [1.807, 2.05) is 19.9 Å². The first-order chi connectivity index (χ1) is 9.56. The Morgan fingerprint density at radius 3 is 2.65 bits per heavy atom. The van der Waals surface area contributed by atoms with Crippen LogP contribution in [-0.2, 0) is 0 Å². The fraction of sp³-hybridized carbons (Fsp3) is 0.294. The summed E-state index contributed by atoms with van der Waals surface area (Å²) in [6.45, 7) is 6.09. The molecule has 2 unspecified atom stereocenters. The Kier molecular flexibility index (Phi) is 3.13. The van der Waals surface area contributed by atoms with E-state index in [0.29, 0.717) is 5.56 Å². The lowest BCUT2D eigenvalue weighted by atomic mass is 9.99. The molecule has 20 heavy (non-hydrogen) atoms. The number of benzene rings is 2. The minimum absolute atomic E-state index is 0.0144. The Labute approximate surface area is 118 Å². The van der Waals surface area contributed by atoms with Crippen LogP contribution in [0.15, 0.2) is 36.4 Å². The van der Waals surface area contributed by atoms with Gasteiger partial charge in [-0.05, 0) is 44.0 Å². The number of hydrogen-bond donors (Lipinski definition) is 1. The van der Waals surface area contributed by atoms with Gasteiger partial charge in [0.1, 0.15) is 17.7 Å². The second kappa shape index (κ2) is 4.82. The second-order valence-electron chi connectivity index (χ2n) is 5.45. The third kappa shape index (κ3) is 2.13. The molecular weight excluding hydrogens is 253 g/mol. The largest absolute Gasteiger partial charge is 0.481 e. The smallest absolute Gasteiger partial charge is 0.146 e. The summed E-state index contributed by atoms with van der Waals surface area (Å²) in [7, 11) is 0. The third-order valence-corrected chi connectivity index (χ3v) is 3.71. The van der Waals surface area contributed by atoms with E-state index in [1.54, 1.807) is 12.1 Å². The van der Waals surface area contributed by atoms with Gasteiger partial charge in [-0.1, -0.05) is 24.3 Å². The maximum Gasteiger partial charge on any atom is 0.146 e. The van der Waals surface area contributed by atoms with Crippen molar-refractivity contribution in [1.82, 2.24) is 0 Å². The molecule has 104 valence electrons. The van der Waals surface area contributed by atoms with Gasteiger partial charge in [0.2, 0.25) is 0 Å². The lowest BCUT2D eigenvalue weighted by Gasteiger charge is -2.34. The minimum atomic E-state index is -0.315. The second-order valence-corrected chi connectivity index (χ2v) is 5.45. The molecule has 3 heteroatoms. The number of aryl methyl sites for hydroxylation is 2. The predicted molar refractivity (Wildman–Crippen MR) is 78.8 cm³/mol. The Morgan fingerprint density at radius 1 is 1.15 bits per heavy atom. The molecule has 1 aliphatic rings. The number of halogens is 1. The fourth-order valence-corrected chi connectivity index (χ4v) is 2.81. The Balaban J connectivity index is 2.03. The SMILES string of the molecule is Cc1cc(C)c2c(c1)NC(C)C(c1ccccc1F)O2. The van der Waals surface area contributed by atoms with Crippen LogP contribution < -0.4 is 10.1 Å². The summed E-state index contributed by atoms with van der Waals surface area (Å²) in [5, 5.41) is 3.43. The number of ether oxygens (including phenoxy) is 1. The highest BCUT2D eigenvalue weighted by molar-refractivity contribution is 5.64. The van der Waals surface area contributed by atoms with E-state index in [1.165, 1.54) is 11.6 Å². The fourth-order valence-electron chi connectivity index (χ4n) is 2.81. The first-order valence-corrected chi connectivity index (χ1v) is 6.85. The van der Waals surface area contributed by atoms with Gasteiger partial charge in [0.15, 0.2) is 0 Å². The number of rotatable bonds is 1. The molecular formula is C17H18FNO. The quantitative estimate of drug-likeness (QED) is 0.831. The van der Waals surface area contributed by atoms with Crippen LogP contribution >= 0.6 is 0 Å². The number of fused-ring (bicyclic) bond motifs is 1. The number of anilines is 1. The molecule has 1 heterocycles. The molecule has 0 radical (unpaired) electrons. The van der Waals surface area contributed by atoms with Gasteiger partial charge in [-0.15, -0.1) is 0 Å². The zero-order chi connectivity index (χ0) is 14.3. The van der Waals surface area contributed by atoms with Crippen molar-refractivity contribution in [2.24, 2.45) is 0 Å². The number of nitrogens with one attached hydrogen (secondary N) is 1. The summed E-state index contributed by atoms with van der Waals surface area (Å²) < 4.78 is 20.1. The third-order valence-electron chi connectivity index (χ3n) is 3.71. The van der Waals surface area contributed by atoms with Crippen LogP contribution in [0, 0.1) is 19.7 Å². The van der Waals surface area contributed by atoms with Crippen LogP contribution in [0.25, 0.3) is 0 Å². The van der Waals surface area contributed by atoms with Crippen LogP contribution in [0.3, 0.4) is 0 Å². The maximum atomic E-state index is 14.0. The van der Waals surface area contributed by atoms with Gasteiger partial charge in [0.25, 0.3) is 0 Å². The van der Waals surface area contributed by atoms with E-state index in [2.05, 4.69) is 24.4 Å². The Bertz CT molecular complexity index is 653. The molecule has 0 aromatic heterocycles. The van der Waals surface area contributed by atoms with Crippen molar-refractivity contribution in [3.05, 3.63) is 58.9 Å². The highest BCUT2D eigenvalue weighted by atomic mass is 19.1. The molecule has 0 saturated heterocycles. The average Bonchev–Trinajstić information content (AvgIpc) is 2.39. The van der Waals surface area contributed by atoms with E-state index >= 15 is 0 Å².